The third-order valence-electron chi connectivity index (χ3n) is 25.6. The van der Waals surface area contributed by atoms with Gasteiger partial charge in [-0.15, -0.1) is 11.3 Å². The zero-order valence-electron chi connectivity index (χ0n) is 70.1. The van der Waals surface area contributed by atoms with Gasteiger partial charge in [0.2, 0.25) is 0 Å². The summed E-state index contributed by atoms with van der Waals surface area (Å²) in [7, 11) is 0. The van der Waals surface area contributed by atoms with Gasteiger partial charge in [0.25, 0.3) is 0 Å². The van der Waals surface area contributed by atoms with Crippen LogP contribution in [-0.4, -0.2) is 49.4 Å². The summed E-state index contributed by atoms with van der Waals surface area (Å²) in [6.07, 6.45) is 4.05. The maximum absolute atomic E-state index is 6.17. The summed E-state index contributed by atoms with van der Waals surface area (Å²) in [6.45, 7) is 13.6. The summed E-state index contributed by atoms with van der Waals surface area (Å²) in [5.74, 6) is 2.18. The van der Waals surface area contributed by atoms with E-state index < -0.39 is 0 Å². The smallest absolute Gasteiger partial charge is 0.161 e. The molecule has 9 aromatic heterocycles. The van der Waals surface area contributed by atoms with Crippen molar-refractivity contribution in [3.8, 4) is 141 Å². The van der Waals surface area contributed by atoms with Crippen LogP contribution in [0.25, 0.3) is 205 Å². The summed E-state index contributed by atoms with van der Waals surface area (Å²) in [5, 5.41) is 7.13. The highest BCUT2D eigenvalue weighted by Crippen LogP contribution is 2.56. The van der Waals surface area contributed by atoms with E-state index in [0.29, 0.717) is 0 Å². The highest BCUT2D eigenvalue weighted by atomic mass is 32.1. The van der Waals surface area contributed by atoms with Crippen molar-refractivity contribution in [1.29, 1.82) is 0 Å². The first-order valence-electron chi connectivity index (χ1n) is 42.8. The summed E-state index contributed by atoms with van der Waals surface area (Å²) in [6, 6.07) is 127. The Bertz CT molecular complexity index is 8090. The highest BCUT2D eigenvalue weighted by molar-refractivity contribution is 7.25. The van der Waals surface area contributed by atoms with E-state index in [4.69, 9.17) is 49.3 Å². The molecule has 0 atom stereocenters. The molecule has 0 saturated heterocycles. The number of aromatic nitrogens is 10. The van der Waals surface area contributed by atoms with Gasteiger partial charge in [-0.25, -0.2) is 29.9 Å². The third-order valence-corrected chi connectivity index (χ3v) is 26.7. The Labute approximate surface area is 732 Å². The molecule has 126 heavy (non-hydrogen) atoms. The van der Waals surface area contributed by atoms with Crippen LogP contribution in [-0.2, 0) is 16.2 Å². The molecule has 0 bridgehead atoms. The van der Waals surface area contributed by atoms with Gasteiger partial charge in [0.05, 0.1) is 68.0 Å². The summed E-state index contributed by atoms with van der Waals surface area (Å²) in [4.78, 5) is 46.8. The van der Waals surface area contributed by atoms with E-state index in [1.807, 2.05) is 96.5 Å². The molecule has 3 aliphatic rings. The Kier molecular flexibility index (Phi) is 17.9. The molecule has 0 unspecified atom stereocenters. The lowest BCUT2D eigenvalue weighted by atomic mass is 9.80. The van der Waals surface area contributed by atoms with E-state index in [0.717, 1.165) is 202 Å². The van der Waals surface area contributed by atoms with Crippen LogP contribution in [0.5, 0.6) is 0 Å². The van der Waals surface area contributed by atoms with Gasteiger partial charge in [-0.1, -0.05) is 307 Å². The fourth-order valence-corrected chi connectivity index (χ4v) is 20.5. The number of benzene rings is 13. The topological polar surface area (TPSA) is 134 Å². The SMILES string of the molecule is CC1(C)c2cc(-c3ccccc3)ncc2-c2nc(-c3ccccc3)nc(-c3ccc4sc5ccccc5c4c3)c21.CC1(C)c2cnc(-c3ccccc3)cc2-c2nc(-c3cccc4c3c3ccccc3n4-c3ccccc3)nc(-c3ccccc3)c21.CC1(C)c2nc(-c3ccc4c(c3)oc3ccccc34)ccc2-c2nc(-c3ccccc3)nc(-c3ccccc3)c21. The fraction of sp³-hybridized carbons (Fsp3) is 0.0789. The van der Waals surface area contributed by atoms with Crippen molar-refractivity contribution in [3.05, 3.63) is 410 Å². The van der Waals surface area contributed by atoms with Gasteiger partial charge in [-0.3, -0.25) is 15.0 Å². The zero-order valence-corrected chi connectivity index (χ0v) is 70.9. The predicted molar refractivity (Wildman–Crippen MR) is 516 cm³/mol. The molecule has 13 aromatic carbocycles. The van der Waals surface area contributed by atoms with E-state index in [1.165, 1.54) is 36.7 Å². The second-order valence-corrected chi connectivity index (χ2v) is 35.3. The molecule has 0 fully saturated rings. The largest absolute Gasteiger partial charge is 0.456 e. The van der Waals surface area contributed by atoms with Crippen molar-refractivity contribution in [1.82, 2.24) is 49.4 Å². The quantitative estimate of drug-likeness (QED) is 0.130. The summed E-state index contributed by atoms with van der Waals surface area (Å²) < 4.78 is 11.1. The van der Waals surface area contributed by atoms with Crippen LogP contribution < -0.4 is 0 Å². The molecule has 11 nitrogen and oxygen atoms in total. The van der Waals surface area contributed by atoms with Crippen molar-refractivity contribution in [2.45, 2.75) is 57.8 Å². The Hall–Kier alpha value is -15.6. The molecule has 0 aliphatic heterocycles. The molecule has 0 spiro atoms. The molecular formula is C114H80N10OS. The lowest BCUT2D eigenvalue weighted by molar-refractivity contribution is 0.635. The van der Waals surface area contributed by atoms with Gasteiger partial charge in [0.1, 0.15) is 11.2 Å². The molecule has 22 aromatic rings. The monoisotopic (exact) mass is 1640 g/mol. The van der Waals surface area contributed by atoms with Gasteiger partial charge in [-0.05, 0) is 110 Å². The first-order chi connectivity index (χ1) is 61.7. The van der Waals surface area contributed by atoms with Crippen LogP contribution in [0.2, 0.25) is 0 Å². The van der Waals surface area contributed by atoms with Gasteiger partial charge in [-0.2, -0.15) is 0 Å². The first kappa shape index (κ1) is 75.3. The maximum atomic E-state index is 6.17. The second kappa shape index (κ2) is 29.9. The zero-order chi connectivity index (χ0) is 84.5. The van der Waals surface area contributed by atoms with Crippen molar-refractivity contribution >= 4 is 75.3 Å². The Balaban J connectivity index is 0.000000109. The number of hydrogen-bond donors (Lipinski definition) is 0. The molecule has 0 amide bonds. The average Bonchev–Trinajstić information content (AvgIpc) is 1.56. The van der Waals surface area contributed by atoms with Crippen LogP contribution in [0.1, 0.15) is 75.1 Å². The minimum absolute atomic E-state index is 0.298. The third kappa shape index (κ3) is 12.5. The van der Waals surface area contributed by atoms with Gasteiger partial charge >= 0.3 is 0 Å². The number of hydrogen-bond acceptors (Lipinski definition) is 11. The molecule has 598 valence electrons. The van der Waals surface area contributed by atoms with Gasteiger partial charge < -0.3 is 8.98 Å². The molecule has 3 aliphatic carbocycles. The van der Waals surface area contributed by atoms with E-state index >= 15 is 0 Å². The second-order valence-electron chi connectivity index (χ2n) is 34.3. The number of rotatable bonds is 10. The fourth-order valence-electron chi connectivity index (χ4n) is 19.5. The minimum atomic E-state index is -0.384. The standard InChI is InChI=1S/C42H30N4.C36H25N3O.C36H25N3S/c1-42(2)33-26-43-34(27-15-6-3-7-16-27)25-32(33)40-38(42)39(28-17-8-4-9-18-28)44-41(45-40)31-22-14-24-36-37(31)30-21-12-13-23-35(30)46(36)29-19-10-5-11-20-29;1-36(2)31-32(22-11-5-3-6-12-22)38-35(23-13-7-4-8-14-23)39-33(31)27-19-20-28(37-34(27)36)24-17-18-26-25-15-9-10-16-29(25)40-30(26)21-24;1-36(2)28-20-29(22-11-5-3-6-12-22)37-21-27(28)34-32(36)33(38-35(39-34)23-13-7-4-8-14-23)24-17-18-31-26(19-24)25-15-9-10-16-30(25)40-31/h3-26H,1-2H3;2*3-21H,1-2H3. The van der Waals surface area contributed by atoms with Crippen molar-refractivity contribution in [2.75, 3.05) is 0 Å². The number of nitrogens with zero attached hydrogens (tertiary/aromatic N) is 10. The van der Waals surface area contributed by atoms with Crippen LogP contribution in [0.4, 0.5) is 0 Å². The van der Waals surface area contributed by atoms with Crippen molar-refractivity contribution in [2.24, 2.45) is 0 Å². The van der Waals surface area contributed by atoms with Gasteiger partial charge in [0.15, 0.2) is 17.5 Å². The molecule has 0 radical (unpaired) electrons. The number of fused-ring (bicyclic) bond motifs is 18. The Morgan fingerprint density at radius 3 is 1.38 bits per heavy atom. The number of para-hydroxylation sites is 3. The first-order valence-corrected chi connectivity index (χ1v) is 43.6. The van der Waals surface area contributed by atoms with E-state index in [2.05, 4.69) is 337 Å². The minimum Gasteiger partial charge on any atom is -0.456 e. The summed E-state index contributed by atoms with van der Waals surface area (Å²) >= 11 is 1.84. The molecule has 9 heterocycles. The van der Waals surface area contributed by atoms with Crippen LogP contribution in [0, 0.1) is 0 Å². The van der Waals surface area contributed by atoms with Crippen LogP contribution in [0.15, 0.2) is 381 Å². The predicted octanol–water partition coefficient (Wildman–Crippen LogP) is 28.9. The molecule has 0 N–H and O–H groups in total. The van der Waals surface area contributed by atoms with Crippen molar-refractivity contribution in [3.63, 3.8) is 0 Å². The molecular weight excluding hydrogens is 1560 g/mol. The lowest BCUT2D eigenvalue weighted by Gasteiger charge is -2.24. The van der Waals surface area contributed by atoms with Crippen LogP contribution in [0.3, 0.4) is 0 Å². The normalized spacial score (nSPS) is 13.3. The van der Waals surface area contributed by atoms with E-state index in [-0.39, 0.29) is 16.2 Å². The lowest BCUT2D eigenvalue weighted by Crippen LogP contribution is -2.19. The van der Waals surface area contributed by atoms with E-state index in [1.54, 1.807) is 0 Å². The summed E-state index contributed by atoms with van der Waals surface area (Å²) in [5.41, 5.74) is 32.5. The molecule has 0 saturated carbocycles. The molecule has 25 rings (SSSR count). The van der Waals surface area contributed by atoms with Crippen molar-refractivity contribution < 1.29 is 4.42 Å². The maximum Gasteiger partial charge on any atom is 0.161 e. The number of pyridine rings is 3. The Morgan fingerprint density at radius 2 is 0.730 bits per heavy atom. The number of furan rings is 1. The highest BCUT2D eigenvalue weighted by Gasteiger charge is 2.45. The molecule has 12 heteroatoms. The van der Waals surface area contributed by atoms with Gasteiger partial charge in [0, 0.05) is 159 Å². The van der Waals surface area contributed by atoms with Crippen LogP contribution >= 0.6 is 11.3 Å². The Morgan fingerprint density at radius 1 is 0.262 bits per heavy atom. The average molecular weight is 1640 g/mol. The number of thiophene rings is 1. The van der Waals surface area contributed by atoms with E-state index in [9.17, 15) is 0 Å².